The second kappa shape index (κ2) is 4.81. The number of nitrogens with one attached hydrogen (secondary N) is 1. The predicted molar refractivity (Wildman–Crippen MR) is 60.6 cm³/mol. The van der Waals surface area contributed by atoms with Gasteiger partial charge in [-0.3, -0.25) is 0 Å². The third-order valence-corrected chi connectivity index (χ3v) is 2.82. The van der Waals surface area contributed by atoms with Crippen molar-refractivity contribution < 1.29 is 9.52 Å². The topological polar surface area (TPSA) is 45.4 Å². The van der Waals surface area contributed by atoms with Crippen LogP contribution in [-0.2, 0) is 6.54 Å². The Hall–Kier alpha value is -0.800. The second-order valence-electron chi connectivity index (χ2n) is 4.63. The lowest BCUT2D eigenvalue weighted by atomic mass is 9.92. The largest absolute Gasteiger partial charge is 0.465 e. The van der Waals surface area contributed by atoms with E-state index in [-0.39, 0.29) is 5.92 Å². The van der Waals surface area contributed by atoms with Crippen molar-refractivity contribution in [3.8, 4) is 0 Å². The summed E-state index contributed by atoms with van der Waals surface area (Å²) in [5, 5.41) is 13.2. The Bertz CT molecular complexity index is 302. The maximum absolute atomic E-state index is 9.98. The van der Waals surface area contributed by atoms with Crippen LogP contribution in [0.5, 0.6) is 0 Å². The standard InChI is InChI=1S/C12H21NO2/c1-9(2)12(4,14)8-13-7-11-6-5-10(3)15-11/h5-6,9,13-14H,7-8H2,1-4H3. The van der Waals surface area contributed by atoms with Crippen LogP contribution in [0.3, 0.4) is 0 Å². The van der Waals surface area contributed by atoms with Crippen molar-refractivity contribution in [1.29, 1.82) is 0 Å². The van der Waals surface area contributed by atoms with Crippen LogP contribution in [0, 0.1) is 12.8 Å². The fourth-order valence-corrected chi connectivity index (χ4v) is 1.22. The zero-order chi connectivity index (χ0) is 11.5. The van der Waals surface area contributed by atoms with Crippen molar-refractivity contribution in [3.05, 3.63) is 23.7 Å². The first-order valence-corrected chi connectivity index (χ1v) is 5.40. The van der Waals surface area contributed by atoms with Gasteiger partial charge in [-0.2, -0.15) is 0 Å². The fourth-order valence-electron chi connectivity index (χ4n) is 1.22. The number of aliphatic hydroxyl groups is 1. The lowest BCUT2D eigenvalue weighted by Crippen LogP contribution is -2.41. The summed E-state index contributed by atoms with van der Waals surface area (Å²) in [4.78, 5) is 0. The van der Waals surface area contributed by atoms with Gasteiger partial charge >= 0.3 is 0 Å². The average molecular weight is 211 g/mol. The summed E-state index contributed by atoms with van der Waals surface area (Å²) in [5.41, 5.74) is -0.665. The smallest absolute Gasteiger partial charge is 0.117 e. The van der Waals surface area contributed by atoms with E-state index in [1.807, 2.05) is 39.8 Å². The molecule has 15 heavy (non-hydrogen) atoms. The number of furan rings is 1. The molecular formula is C12H21NO2. The molecule has 0 bridgehead atoms. The van der Waals surface area contributed by atoms with Crippen LogP contribution in [0.4, 0.5) is 0 Å². The van der Waals surface area contributed by atoms with Crippen molar-refractivity contribution in [3.63, 3.8) is 0 Å². The molecule has 1 atom stereocenters. The molecule has 1 heterocycles. The fraction of sp³-hybridized carbons (Fsp3) is 0.667. The second-order valence-corrected chi connectivity index (χ2v) is 4.63. The first-order valence-electron chi connectivity index (χ1n) is 5.40. The molecule has 0 spiro atoms. The van der Waals surface area contributed by atoms with Gasteiger partial charge in [0.2, 0.25) is 0 Å². The zero-order valence-electron chi connectivity index (χ0n) is 10.0. The maximum atomic E-state index is 9.98. The minimum atomic E-state index is -0.665. The van der Waals surface area contributed by atoms with Crippen LogP contribution in [0.1, 0.15) is 32.3 Å². The highest BCUT2D eigenvalue weighted by Crippen LogP contribution is 2.14. The highest BCUT2D eigenvalue weighted by molar-refractivity contribution is 5.05. The van der Waals surface area contributed by atoms with Crippen LogP contribution < -0.4 is 5.32 Å². The quantitative estimate of drug-likeness (QED) is 0.784. The lowest BCUT2D eigenvalue weighted by Gasteiger charge is -2.27. The number of hydrogen-bond donors (Lipinski definition) is 2. The van der Waals surface area contributed by atoms with E-state index in [1.54, 1.807) is 0 Å². The van der Waals surface area contributed by atoms with Gasteiger partial charge in [0.25, 0.3) is 0 Å². The van der Waals surface area contributed by atoms with Gasteiger partial charge in [-0.25, -0.2) is 0 Å². The molecule has 1 unspecified atom stereocenters. The van der Waals surface area contributed by atoms with E-state index >= 15 is 0 Å². The Labute approximate surface area is 91.5 Å². The summed E-state index contributed by atoms with van der Waals surface area (Å²) in [6, 6.07) is 3.89. The van der Waals surface area contributed by atoms with E-state index in [1.165, 1.54) is 0 Å². The molecule has 0 amide bonds. The van der Waals surface area contributed by atoms with Gasteiger partial charge < -0.3 is 14.8 Å². The third kappa shape index (κ3) is 3.68. The zero-order valence-corrected chi connectivity index (χ0v) is 10.0. The normalized spacial score (nSPS) is 15.6. The summed E-state index contributed by atoms with van der Waals surface area (Å²) in [5.74, 6) is 2.07. The molecule has 0 aliphatic rings. The van der Waals surface area contributed by atoms with E-state index in [2.05, 4.69) is 5.32 Å². The van der Waals surface area contributed by atoms with E-state index in [4.69, 9.17) is 4.42 Å². The van der Waals surface area contributed by atoms with Crippen LogP contribution in [0.2, 0.25) is 0 Å². The Morgan fingerprint density at radius 3 is 2.60 bits per heavy atom. The van der Waals surface area contributed by atoms with Gasteiger partial charge in [0.05, 0.1) is 12.1 Å². The summed E-state index contributed by atoms with van der Waals surface area (Å²) >= 11 is 0. The Morgan fingerprint density at radius 1 is 1.47 bits per heavy atom. The van der Waals surface area contributed by atoms with Crippen LogP contribution in [0.25, 0.3) is 0 Å². The first kappa shape index (κ1) is 12.3. The maximum Gasteiger partial charge on any atom is 0.117 e. The van der Waals surface area contributed by atoms with Crippen molar-refractivity contribution in [2.45, 2.75) is 39.8 Å². The molecule has 86 valence electrons. The molecule has 2 N–H and O–H groups in total. The first-order chi connectivity index (χ1) is 6.92. The van der Waals surface area contributed by atoms with Crippen molar-refractivity contribution >= 4 is 0 Å². The number of rotatable bonds is 5. The molecule has 3 nitrogen and oxygen atoms in total. The van der Waals surface area contributed by atoms with Crippen LogP contribution in [0.15, 0.2) is 16.5 Å². The summed E-state index contributed by atoms with van der Waals surface area (Å²) < 4.78 is 5.41. The molecule has 0 saturated heterocycles. The van der Waals surface area contributed by atoms with Crippen molar-refractivity contribution in [2.75, 3.05) is 6.54 Å². The third-order valence-electron chi connectivity index (χ3n) is 2.82. The van der Waals surface area contributed by atoms with E-state index < -0.39 is 5.60 Å². The van der Waals surface area contributed by atoms with Gasteiger partial charge in [-0.15, -0.1) is 0 Å². The van der Waals surface area contributed by atoms with Gasteiger partial charge in [-0.1, -0.05) is 13.8 Å². The van der Waals surface area contributed by atoms with Gasteiger partial charge in [0.15, 0.2) is 0 Å². The highest BCUT2D eigenvalue weighted by atomic mass is 16.3. The molecule has 0 fully saturated rings. The summed E-state index contributed by atoms with van der Waals surface area (Å²) in [7, 11) is 0. The molecular weight excluding hydrogens is 190 g/mol. The molecule has 1 aromatic heterocycles. The van der Waals surface area contributed by atoms with Crippen LogP contribution in [-0.4, -0.2) is 17.3 Å². The van der Waals surface area contributed by atoms with Crippen LogP contribution >= 0.6 is 0 Å². The molecule has 3 heteroatoms. The highest BCUT2D eigenvalue weighted by Gasteiger charge is 2.23. The molecule has 1 aromatic rings. The van der Waals surface area contributed by atoms with Gasteiger partial charge in [0.1, 0.15) is 11.5 Å². The SMILES string of the molecule is Cc1ccc(CNCC(C)(O)C(C)C)o1. The number of hydrogen-bond acceptors (Lipinski definition) is 3. The molecule has 0 radical (unpaired) electrons. The Balaban J connectivity index is 2.33. The minimum absolute atomic E-state index is 0.239. The minimum Gasteiger partial charge on any atom is -0.465 e. The Kier molecular flexibility index (Phi) is 3.94. The van der Waals surface area contributed by atoms with E-state index in [9.17, 15) is 5.11 Å². The predicted octanol–water partition coefficient (Wildman–Crippen LogP) is 2.08. The summed E-state index contributed by atoms with van der Waals surface area (Å²) in [6.07, 6.45) is 0. The number of aryl methyl sites for hydroxylation is 1. The molecule has 0 aromatic carbocycles. The van der Waals surface area contributed by atoms with Gasteiger partial charge in [0, 0.05) is 6.54 Å². The van der Waals surface area contributed by atoms with E-state index in [0.29, 0.717) is 13.1 Å². The van der Waals surface area contributed by atoms with Gasteiger partial charge in [-0.05, 0) is 31.9 Å². The van der Waals surface area contributed by atoms with Crippen molar-refractivity contribution in [2.24, 2.45) is 5.92 Å². The molecule has 1 rings (SSSR count). The van der Waals surface area contributed by atoms with Crippen molar-refractivity contribution in [1.82, 2.24) is 5.32 Å². The monoisotopic (exact) mass is 211 g/mol. The molecule has 0 aliphatic heterocycles. The lowest BCUT2D eigenvalue weighted by molar-refractivity contribution is 0.0136. The average Bonchev–Trinajstić information content (AvgIpc) is 2.51. The summed E-state index contributed by atoms with van der Waals surface area (Å²) in [6.45, 7) is 9.03. The Morgan fingerprint density at radius 2 is 2.13 bits per heavy atom. The van der Waals surface area contributed by atoms with E-state index in [0.717, 1.165) is 11.5 Å². The molecule has 0 aliphatic carbocycles. The molecule has 0 saturated carbocycles.